The van der Waals surface area contributed by atoms with E-state index in [-0.39, 0.29) is 17.3 Å². The second kappa shape index (κ2) is 8.55. The lowest BCUT2D eigenvalue weighted by Crippen LogP contribution is -3.15. The number of urea groups is 1. The number of carbonyl (C=O) groups is 2. The molecule has 8 nitrogen and oxygen atoms in total. The van der Waals surface area contributed by atoms with Gasteiger partial charge in [0.1, 0.15) is 0 Å². The normalized spacial score (nSPS) is 16.7. The number of piperazine rings is 1. The Balaban J connectivity index is 1.85. The van der Waals surface area contributed by atoms with E-state index in [1.54, 1.807) is 12.1 Å². The third kappa shape index (κ3) is 6.46. The predicted molar refractivity (Wildman–Crippen MR) is 102 cm³/mol. The number of hydrogen-bond donors (Lipinski definition) is 3. The van der Waals surface area contributed by atoms with Crippen LogP contribution in [-0.4, -0.2) is 62.9 Å². The van der Waals surface area contributed by atoms with E-state index >= 15 is 0 Å². The lowest BCUT2D eigenvalue weighted by molar-refractivity contribution is -0.895. The van der Waals surface area contributed by atoms with Crippen molar-refractivity contribution >= 4 is 33.6 Å². The summed E-state index contributed by atoms with van der Waals surface area (Å²) in [4.78, 5) is 24.9. The maximum atomic E-state index is 12.6. The van der Waals surface area contributed by atoms with Crippen LogP contribution in [0.25, 0.3) is 0 Å². The summed E-state index contributed by atoms with van der Waals surface area (Å²) >= 11 is 5.81. The van der Waals surface area contributed by atoms with Crippen LogP contribution in [0.4, 0.5) is 4.79 Å². The zero-order valence-corrected chi connectivity index (χ0v) is 17.3. The SMILES string of the molecule is CC(C)(C)NC(=O)NC(=O)C[NH+]1CCN(S(=O)(=O)c2ccc(Cl)cc2)CC1. The molecule has 1 fully saturated rings. The van der Waals surface area contributed by atoms with Gasteiger partial charge in [-0.05, 0) is 45.0 Å². The molecule has 2 rings (SSSR count). The first-order chi connectivity index (χ1) is 12.5. The summed E-state index contributed by atoms with van der Waals surface area (Å²) in [5, 5.41) is 5.44. The number of imide groups is 1. The Labute approximate surface area is 164 Å². The Kier molecular flexibility index (Phi) is 6.85. The van der Waals surface area contributed by atoms with E-state index in [4.69, 9.17) is 11.6 Å². The number of nitrogens with one attached hydrogen (secondary N) is 3. The molecule has 1 aromatic carbocycles. The fourth-order valence-corrected chi connectivity index (χ4v) is 4.31. The van der Waals surface area contributed by atoms with Crippen LogP contribution in [0.1, 0.15) is 20.8 Å². The summed E-state index contributed by atoms with van der Waals surface area (Å²) in [5.41, 5.74) is -0.432. The summed E-state index contributed by atoms with van der Waals surface area (Å²) in [7, 11) is -3.57. The highest BCUT2D eigenvalue weighted by molar-refractivity contribution is 7.89. The van der Waals surface area contributed by atoms with Crippen LogP contribution in [0.15, 0.2) is 29.2 Å². The lowest BCUT2D eigenvalue weighted by atomic mass is 10.1. The van der Waals surface area contributed by atoms with Gasteiger partial charge in [-0.3, -0.25) is 10.1 Å². The summed E-state index contributed by atoms with van der Waals surface area (Å²) in [6, 6.07) is 5.53. The monoisotopic (exact) mass is 417 g/mol. The molecule has 0 aromatic heterocycles. The number of sulfonamides is 1. The average molecular weight is 418 g/mol. The highest BCUT2D eigenvalue weighted by Crippen LogP contribution is 2.18. The van der Waals surface area contributed by atoms with E-state index in [1.807, 2.05) is 20.8 Å². The van der Waals surface area contributed by atoms with Crippen molar-refractivity contribution in [2.24, 2.45) is 0 Å². The summed E-state index contributed by atoms with van der Waals surface area (Å²) in [5.74, 6) is -0.388. The van der Waals surface area contributed by atoms with E-state index in [0.717, 1.165) is 4.90 Å². The van der Waals surface area contributed by atoms with Crippen molar-refractivity contribution in [3.05, 3.63) is 29.3 Å². The molecule has 0 spiro atoms. The number of halogens is 1. The molecule has 1 saturated heterocycles. The standard InChI is InChI=1S/C17H25ClN4O4S/c1-17(2,3)20-16(24)19-15(23)12-21-8-10-22(11-9-21)27(25,26)14-6-4-13(18)5-7-14/h4-7H,8-12H2,1-3H3,(H2,19,20,23,24)/p+1. The molecule has 0 radical (unpaired) electrons. The Morgan fingerprint density at radius 1 is 1.15 bits per heavy atom. The van der Waals surface area contributed by atoms with Gasteiger partial charge in [-0.1, -0.05) is 11.6 Å². The van der Waals surface area contributed by atoms with Crippen LogP contribution < -0.4 is 15.5 Å². The fraction of sp³-hybridized carbons (Fsp3) is 0.529. The van der Waals surface area contributed by atoms with Crippen molar-refractivity contribution in [1.82, 2.24) is 14.9 Å². The van der Waals surface area contributed by atoms with Crippen molar-refractivity contribution in [2.45, 2.75) is 31.2 Å². The average Bonchev–Trinajstić information content (AvgIpc) is 2.53. The zero-order valence-electron chi connectivity index (χ0n) is 15.7. The smallest absolute Gasteiger partial charge is 0.322 e. The number of carbonyl (C=O) groups excluding carboxylic acids is 2. The van der Waals surface area contributed by atoms with Gasteiger partial charge in [0, 0.05) is 10.6 Å². The fourth-order valence-electron chi connectivity index (χ4n) is 2.74. The molecule has 3 N–H and O–H groups in total. The van der Waals surface area contributed by atoms with Crippen molar-refractivity contribution in [3.8, 4) is 0 Å². The third-order valence-corrected chi connectivity index (χ3v) is 6.20. The van der Waals surface area contributed by atoms with E-state index in [1.165, 1.54) is 16.4 Å². The Morgan fingerprint density at radius 2 is 1.70 bits per heavy atom. The maximum absolute atomic E-state index is 12.6. The number of quaternary nitrogens is 1. The molecule has 1 aliphatic rings. The topological polar surface area (TPSA) is 100 Å². The van der Waals surface area contributed by atoms with Gasteiger partial charge in [0.05, 0.1) is 31.1 Å². The van der Waals surface area contributed by atoms with Gasteiger partial charge in [0.15, 0.2) is 6.54 Å². The molecular formula is C17H26ClN4O4S+. The van der Waals surface area contributed by atoms with Gasteiger partial charge >= 0.3 is 6.03 Å². The molecule has 1 aromatic rings. The van der Waals surface area contributed by atoms with Crippen LogP contribution in [0, 0.1) is 0 Å². The van der Waals surface area contributed by atoms with E-state index in [2.05, 4.69) is 10.6 Å². The first kappa shape index (κ1) is 21.6. The van der Waals surface area contributed by atoms with Gasteiger partial charge in [0.25, 0.3) is 5.91 Å². The zero-order chi connectivity index (χ0) is 20.2. The molecule has 27 heavy (non-hydrogen) atoms. The van der Waals surface area contributed by atoms with Crippen LogP contribution >= 0.6 is 11.6 Å². The molecule has 3 amide bonds. The number of amides is 3. The largest absolute Gasteiger partial charge is 0.333 e. The van der Waals surface area contributed by atoms with E-state index in [0.29, 0.717) is 31.2 Å². The molecule has 0 bridgehead atoms. The molecule has 10 heteroatoms. The lowest BCUT2D eigenvalue weighted by Gasteiger charge is -2.31. The minimum atomic E-state index is -3.57. The van der Waals surface area contributed by atoms with Gasteiger partial charge in [-0.15, -0.1) is 0 Å². The van der Waals surface area contributed by atoms with Crippen molar-refractivity contribution < 1.29 is 22.9 Å². The molecule has 150 valence electrons. The van der Waals surface area contributed by atoms with Gasteiger partial charge in [-0.25, -0.2) is 13.2 Å². The van der Waals surface area contributed by atoms with Crippen LogP contribution in [0.5, 0.6) is 0 Å². The molecule has 0 unspecified atom stereocenters. The Hall–Kier alpha value is -1.68. The summed E-state index contributed by atoms with van der Waals surface area (Å²) in [6.45, 7) is 7.17. The third-order valence-electron chi connectivity index (χ3n) is 4.03. The Morgan fingerprint density at radius 3 is 2.22 bits per heavy atom. The molecule has 0 saturated carbocycles. The first-order valence-corrected chi connectivity index (χ1v) is 10.5. The maximum Gasteiger partial charge on any atom is 0.322 e. The second-order valence-electron chi connectivity index (χ2n) is 7.54. The Bertz CT molecular complexity index is 782. The number of nitrogens with zero attached hydrogens (tertiary/aromatic N) is 1. The summed E-state index contributed by atoms with van der Waals surface area (Å²) in [6.07, 6.45) is 0. The second-order valence-corrected chi connectivity index (χ2v) is 9.91. The number of benzene rings is 1. The quantitative estimate of drug-likeness (QED) is 0.634. The van der Waals surface area contributed by atoms with Crippen LogP contribution in [0.3, 0.4) is 0 Å². The van der Waals surface area contributed by atoms with Gasteiger partial charge in [0.2, 0.25) is 10.0 Å². The van der Waals surface area contributed by atoms with E-state index in [9.17, 15) is 18.0 Å². The first-order valence-electron chi connectivity index (χ1n) is 8.69. The van der Waals surface area contributed by atoms with Crippen molar-refractivity contribution in [2.75, 3.05) is 32.7 Å². The molecular weight excluding hydrogens is 392 g/mol. The van der Waals surface area contributed by atoms with E-state index < -0.39 is 21.6 Å². The van der Waals surface area contributed by atoms with Crippen molar-refractivity contribution in [3.63, 3.8) is 0 Å². The highest BCUT2D eigenvalue weighted by Gasteiger charge is 2.31. The molecule has 1 aliphatic heterocycles. The van der Waals surface area contributed by atoms with Crippen molar-refractivity contribution in [1.29, 1.82) is 0 Å². The number of hydrogen-bond acceptors (Lipinski definition) is 4. The highest BCUT2D eigenvalue weighted by atomic mass is 35.5. The molecule has 1 heterocycles. The predicted octanol–water partition coefficient (Wildman–Crippen LogP) is -0.146. The minimum Gasteiger partial charge on any atom is -0.333 e. The van der Waals surface area contributed by atoms with Crippen LogP contribution in [-0.2, 0) is 14.8 Å². The molecule has 0 aliphatic carbocycles. The number of rotatable bonds is 4. The van der Waals surface area contributed by atoms with Gasteiger partial charge in [-0.2, -0.15) is 4.31 Å². The minimum absolute atomic E-state index is 0.117. The van der Waals surface area contributed by atoms with Crippen LogP contribution in [0.2, 0.25) is 5.02 Å². The summed E-state index contributed by atoms with van der Waals surface area (Å²) < 4.78 is 26.7. The molecule has 0 atom stereocenters. The van der Waals surface area contributed by atoms with Gasteiger partial charge < -0.3 is 10.2 Å².